The molecule has 0 spiro atoms. The lowest BCUT2D eigenvalue weighted by Gasteiger charge is -2.15. The van der Waals surface area contributed by atoms with Crippen molar-refractivity contribution in [3.8, 4) is 0 Å². The third-order valence-electron chi connectivity index (χ3n) is 3.26. The summed E-state index contributed by atoms with van der Waals surface area (Å²) in [7, 11) is 0. The Morgan fingerprint density at radius 1 is 1.18 bits per heavy atom. The molecule has 0 saturated carbocycles. The minimum Gasteiger partial charge on any atom is -0.319 e. The number of nitrogens with zero attached hydrogens (tertiary/aromatic N) is 3. The topological polar surface area (TPSA) is 90.1 Å². The van der Waals surface area contributed by atoms with Gasteiger partial charge in [-0.05, 0) is 22.0 Å². The van der Waals surface area contributed by atoms with Crippen molar-refractivity contribution in [3.05, 3.63) is 61.0 Å². The normalized spacial score (nSPS) is 12.0. The summed E-state index contributed by atoms with van der Waals surface area (Å²) in [5.74, 6) is -0.835. The molecule has 2 rings (SSSR count). The number of nitro groups is 1. The van der Waals surface area contributed by atoms with E-state index in [4.69, 9.17) is 0 Å². The fraction of sp³-hybridized carbons (Fsp3) is 0.143. The second-order valence-corrected chi connectivity index (χ2v) is 5.94. The van der Waals surface area contributed by atoms with E-state index in [0.717, 1.165) is 6.20 Å². The van der Waals surface area contributed by atoms with E-state index in [2.05, 4.69) is 32.8 Å². The first-order valence-electron chi connectivity index (χ1n) is 6.91. The molecular weight excluding hydrogens is 466 g/mol. The van der Waals surface area contributed by atoms with Crippen molar-refractivity contribution in [1.82, 2.24) is 9.55 Å². The fourth-order valence-corrected chi connectivity index (χ4v) is 2.59. The maximum absolute atomic E-state index is 12.9. The molecule has 1 aromatic heterocycles. The summed E-state index contributed by atoms with van der Waals surface area (Å²) in [5.41, 5.74) is -5.94. The lowest BCUT2D eigenvalue weighted by Crippen LogP contribution is -2.24. The number of rotatable bonds is 4. The molecule has 0 amide bonds. The number of anilines is 2. The van der Waals surface area contributed by atoms with E-state index in [1.54, 1.807) is 0 Å². The van der Waals surface area contributed by atoms with Crippen LogP contribution in [0.3, 0.4) is 0 Å². The van der Waals surface area contributed by atoms with Gasteiger partial charge in [-0.3, -0.25) is 19.5 Å². The summed E-state index contributed by atoms with van der Waals surface area (Å²) in [6.45, 7) is 3.22. The van der Waals surface area contributed by atoms with Gasteiger partial charge in [-0.1, -0.05) is 6.58 Å². The summed E-state index contributed by atoms with van der Waals surface area (Å²) in [5, 5.41) is 13.3. The lowest BCUT2D eigenvalue weighted by molar-refractivity contribution is -0.384. The highest BCUT2D eigenvalue weighted by Gasteiger charge is 2.36. The van der Waals surface area contributed by atoms with Gasteiger partial charge < -0.3 is 5.32 Å². The molecule has 0 fully saturated rings. The first kappa shape index (κ1) is 21.4. The molecule has 0 bridgehead atoms. The fourth-order valence-electron chi connectivity index (χ4n) is 2.04. The van der Waals surface area contributed by atoms with Crippen LogP contribution in [0.25, 0.3) is 6.20 Å². The average Bonchev–Trinajstić information content (AvgIpc) is 2.54. The molecule has 0 atom stereocenters. The minimum atomic E-state index is -5.01. The molecule has 0 aliphatic rings. The van der Waals surface area contributed by atoms with Gasteiger partial charge in [0.15, 0.2) is 5.69 Å². The molecule has 0 aliphatic carbocycles. The Kier molecular flexibility index (Phi) is 5.55. The molecule has 1 aromatic carbocycles. The molecule has 0 aliphatic heterocycles. The number of benzene rings is 1. The zero-order valence-electron chi connectivity index (χ0n) is 13.2. The number of alkyl halides is 6. The third-order valence-corrected chi connectivity index (χ3v) is 3.88. The van der Waals surface area contributed by atoms with E-state index in [-0.39, 0.29) is 12.1 Å². The lowest BCUT2D eigenvalue weighted by atomic mass is 10.1. The van der Waals surface area contributed by atoms with Gasteiger partial charge in [0.2, 0.25) is 5.95 Å². The van der Waals surface area contributed by atoms with Crippen molar-refractivity contribution in [2.75, 3.05) is 5.32 Å². The zero-order chi connectivity index (χ0) is 21.4. The van der Waals surface area contributed by atoms with Gasteiger partial charge in [0.25, 0.3) is 11.2 Å². The summed E-state index contributed by atoms with van der Waals surface area (Å²) in [4.78, 5) is 25.0. The number of nitro benzene ring substituents is 1. The summed E-state index contributed by atoms with van der Waals surface area (Å²) in [6.07, 6.45) is -9.15. The highest BCUT2D eigenvalue weighted by molar-refractivity contribution is 9.10. The van der Waals surface area contributed by atoms with E-state index in [0.29, 0.717) is 10.6 Å². The van der Waals surface area contributed by atoms with Gasteiger partial charge in [0.05, 0.1) is 10.5 Å². The standard InChI is InChI=1S/C14H7BrF6N4O3/c1-2-24-10(26)5-9(14(19,20)21)22-12(24)23-11-7(15)3-6(13(16,17)18)4-8(11)25(27)28/h2-5H,1H2,(H,22,23). The Morgan fingerprint density at radius 3 is 2.25 bits per heavy atom. The summed E-state index contributed by atoms with van der Waals surface area (Å²) >= 11 is 2.71. The Bertz CT molecular complexity index is 1020. The summed E-state index contributed by atoms with van der Waals surface area (Å²) in [6, 6.07) is 0.847. The van der Waals surface area contributed by atoms with Gasteiger partial charge in [-0.2, -0.15) is 26.3 Å². The Hall–Kier alpha value is -2.90. The molecule has 150 valence electrons. The number of aromatic nitrogens is 2. The van der Waals surface area contributed by atoms with Crippen LogP contribution in [0, 0.1) is 10.1 Å². The van der Waals surface area contributed by atoms with Crippen LogP contribution in [0.4, 0.5) is 43.7 Å². The molecule has 0 unspecified atom stereocenters. The van der Waals surface area contributed by atoms with Crippen molar-refractivity contribution in [3.63, 3.8) is 0 Å². The van der Waals surface area contributed by atoms with Crippen LogP contribution in [0.1, 0.15) is 11.3 Å². The first-order valence-corrected chi connectivity index (χ1v) is 7.70. The number of hydrogen-bond donors (Lipinski definition) is 1. The molecule has 2 aromatic rings. The average molecular weight is 473 g/mol. The van der Waals surface area contributed by atoms with Crippen LogP contribution < -0.4 is 10.9 Å². The molecule has 7 nitrogen and oxygen atoms in total. The van der Waals surface area contributed by atoms with Crippen LogP contribution in [0.5, 0.6) is 0 Å². The van der Waals surface area contributed by atoms with E-state index >= 15 is 0 Å². The summed E-state index contributed by atoms with van der Waals surface area (Å²) < 4.78 is 77.3. The first-order chi connectivity index (χ1) is 12.8. The number of nitrogens with one attached hydrogen (secondary N) is 1. The van der Waals surface area contributed by atoms with Crippen molar-refractivity contribution in [1.29, 1.82) is 0 Å². The van der Waals surface area contributed by atoms with Crippen molar-refractivity contribution in [2.45, 2.75) is 12.4 Å². The van der Waals surface area contributed by atoms with Gasteiger partial charge in [0.1, 0.15) is 5.69 Å². The quantitative estimate of drug-likeness (QED) is 0.392. The van der Waals surface area contributed by atoms with E-state index in [1.807, 2.05) is 0 Å². The molecule has 0 radical (unpaired) electrons. The largest absolute Gasteiger partial charge is 0.433 e. The van der Waals surface area contributed by atoms with E-state index in [1.165, 1.54) is 0 Å². The van der Waals surface area contributed by atoms with Crippen LogP contribution in [0.15, 0.2) is 34.0 Å². The molecule has 0 saturated heterocycles. The predicted molar refractivity (Wildman–Crippen MR) is 89.0 cm³/mol. The Labute approximate surface area is 159 Å². The zero-order valence-corrected chi connectivity index (χ0v) is 14.8. The smallest absolute Gasteiger partial charge is 0.319 e. The van der Waals surface area contributed by atoms with E-state index in [9.17, 15) is 41.3 Å². The van der Waals surface area contributed by atoms with Gasteiger partial charge in [-0.25, -0.2) is 4.98 Å². The Balaban J connectivity index is 2.72. The minimum absolute atomic E-state index is 0.170. The van der Waals surface area contributed by atoms with Crippen molar-refractivity contribution < 1.29 is 31.3 Å². The van der Waals surface area contributed by atoms with Gasteiger partial charge in [-0.15, -0.1) is 0 Å². The molecule has 1 N–H and O–H groups in total. The van der Waals surface area contributed by atoms with Gasteiger partial charge >= 0.3 is 12.4 Å². The second kappa shape index (κ2) is 7.26. The van der Waals surface area contributed by atoms with Crippen LogP contribution in [-0.4, -0.2) is 14.5 Å². The predicted octanol–water partition coefficient (Wildman–Crippen LogP) is 4.80. The van der Waals surface area contributed by atoms with Crippen LogP contribution in [0.2, 0.25) is 0 Å². The van der Waals surface area contributed by atoms with E-state index < -0.39 is 55.9 Å². The molecule has 1 heterocycles. The van der Waals surface area contributed by atoms with Gasteiger partial charge in [0, 0.05) is 22.8 Å². The number of halogens is 7. The van der Waals surface area contributed by atoms with Crippen LogP contribution in [-0.2, 0) is 12.4 Å². The highest BCUT2D eigenvalue weighted by atomic mass is 79.9. The SMILES string of the molecule is C=Cn1c(Nc2c(Br)cc(C(F)(F)F)cc2[N+](=O)[O-])nc(C(F)(F)F)cc1=O. The highest BCUT2D eigenvalue weighted by Crippen LogP contribution is 2.41. The van der Waals surface area contributed by atoms with Crippen LogP contribution >= 0.6 is 15.9 Å². The molecular formula is C14H7BrF6N4O3. The second-order valence-electron chi connectivity index (χ2n) is 5.09. The third kappa shape index (κ3) is 4.32. The van der Waals surface area contributed by atoms with Crippen molar-refractivity contribution in [2.24, 2.45) is 0 Å². The number of hydrogen-bond acceptors (Lipinski definition) is 5. The van der Waals surface area contributed by atoms with Crippen molar-refractivity contribution >= 4 is 39.5 Å². The maximum atomic E-state index is 12.9. The molecule has 14 heteroatoms. The molecule has 28 heavy (non-hydrogen) atoms. The maximum Gasteiger partial charge on any atom is 0.433 e. The monoisotopic (exact) mass is 472 g/mol. The Morgan fingerprint density at radius 2 is 1.79 bits per heavy atom.